The predicted molar refractivity (Wildman–Crippen MR) is 94.2 cm³/mol. The molecule has 3 rings (SSSR count). The Kier molecular flexibility index (Phi) is 4.19. The topological polar surface area (TPSA) is 37.3 Å². The van der Waals surface area contributed by atoms with Crippen LogP contribution in [0.3, 0.4) is 0 Å². The normalized spacial score (nSPS) is 15.2. The molecule has 1 aliphatic rings. The van der Waals surface area contributed by atoms with E-state index >= 15 is 0 Å². The molecule has 2 nitrogen and oxygen atoms in total. The number of thioether (sulfide) groups is 1. The summed E-state index contributed by atoms with van der Waals surface area (Å²) < 4.78 is 0. The summed E-state index contributed by atoms with van der Waals surface area (Å²) >= 11 is 1.91. The summed E-state index contributed by atoms with van der Waals surface area (Å²) in [6.45, 7) is 4.57. The van der Waals surface area contributed by atoms with Crippen molar-refractivity contribution >= 4 is 17.7 Å². The Labute approximate surface area is 140 Å². The first kappa shape index (κ1) is 15.7. The Bertz CT molecular complexity index is 808. The van der Waals surface area contributed by atoms with Crippen LogP contribution >= 0.6 is 11.8 Å². The van der Waals surface area contributed by atoms with Crippen molar-refractivity contribution in [2.75, 3.05) is 5.75 Å². The van der Waals surface area contributed by atoms with Gasteiger partial charge in [0.05, 0.1) is 5.56 Å². The number of carboxylic acid groups (broad SMARTS) is 1. The Morgan fingerprint density at radius 3 is 2.43 bits per heavy atom. The zero-order chi connectivity index (χ0) is 16.4. The highest BCUT2D eigenvalue weighted by atomic mass is 32.2. The second-order valence-corrected chi connectivity index (χ2v) is 7.46. The van der Waals surface area contributed by atoms with Gasteiger partial charge in [0.15, 0.2) is 0 Å². The first-order chi connectivity index (χ1) is 11.0. The quantitative estimate of drug-likeness (QED) is 0.782. The van der Waals surface area contributed by atoms with Crippen LogP contribution < -0.4 is 0 Å². The van der Waals surface area contributed by atoms with Crippen molar-refractivity contribution < 1.29 is 9.90 Å². The number of fused-ring (bicyclic) bond motifs is 1. The lowest BCUT2D eigenvalue weighted by atomic mass is 9.81. The first-order valence-electron chi connectivity index (χ1n) is 7.58. The highest BCUT2D eigenvalue weighted by molar-refractivity contribution is 7.99. The number of carbonyl (C=O) groups is 1. The van der Waals surface area contributed by atoms with Crippen molar-refractivity contribution in [1.82, 2.24) is 0 Å². The molecule has 0 unspecified atom stereocenters. The molecular weight excluding hydrogens is 304 g/mol. The molecule has 0 saturated heterocycles. The number of hydrogen-bond donors (Lipinski definition) is 1. The van der Waals surface area contributed by atoms with E-state index in [9.17, 15) is 4.79 Å². The second kappa shape index (κ2) is 6.14. The van der Waals surface area contributed by atoms with E-state index in [-0.39, 0.29) is 11.0 Å². The monoisotopic (exact) mass is 322 g/mol. The van der Waals surface area contributed by atoms with Gasteiger partial charge in [-0.15, -0.1) is 11.8 Å². The average molecular weight is 322 g/mol. The Morgan fingerprint density at radius 1 is 1.09 bits per heavy atom. The highest BCUT2D eigenvalue weighted by Gasteiger charge is 2.27. The standard InChI is InChI=1S/C20H18O2S/c1-20(2)11-12-23-18-10-7-15(13-17(18)20)4-3-14-5-8-16(9-6-14)19(21)22/h5-10,13H,11-12H2,1-2H3,(H,21,22). The van der Waals surface area contributed by atoms with Gasteiger partial charge in [-0.05, 0) is 65.6 Å². The zero-order valence-corrected chi connectivity index (χ0v) is 14.0. The van der Waals surface area contributed by atoms with Gasteiger partial charge in [-0.3, -0.25) is 0 Å². The van der Waals surface area contributed by atoms with Gasteiger partial charge in [0.1, 0.15) is 0 Å². The van der Waals surface area contributed by atoms with Crippen LogP contribution in [0.15, 0.2) is 47.4 Å². The van der Waals surface area contributed by atoms with Gasteiger partial charge >= 0.3 is 5.97 Å². The molecule has 2 aromatic rings. The molecule has 116 valence electrons. The lowest BCUT2D eigenvalue weighted by Gasteiger charge is -2.32. The maximum atomic E-state index is 10.9. The van der Waals surface area contributed by atoms with Crippen molar-refractivity contribution in [3.63, 3.8) is 0 Å². The summed E-state index contributed by atoms with van der Waals surface area (Å²) in [5.41, 5.74) is 3.68. The summed E-state index contributed by atoms with van der Waals surface area (Å²) in [6, 6.07) is 13.1. The van der Waals surface area contributed by atoms with Crippen molar-refractivity contribution in [1.29, 1.82) is 0 Å². The minimum absolute atomic E-state index is 0.196. The lowest BCUT2D eigenvalue weighted by molar-refractivity contribution is 0.0697. The van der Waals surface area contributed by atoms with Gasteiger partial charge in [-0.2, -0.15) is 0 Å². The number of rotatable bonds is 1. The Hall–Kier alpha value is -2.18. The van der Waals surface area contributed by atoms with Crippen LogP contribution in [0.2, 0.25) is 0 Å². The average Bonchev–Trinajstić information content (AvgIpc) is 2.53. The SMILES string of the molecule is CC1(C)CCSc2ccc(C#Cc3ccc(C(=O)O)cc3)cc21. The molecule has 2 aromatic carbocycles. The molecule has 0 fully saturated rings. The molecule has 3 heteroatoms. The largest absolute Gasteiger partial charge is 0.478 e. The van der Waals surface area contributed by atoms with E-state index in [1.165, 1.54) is 22.6 Å². The van der Waals surface area contributed by atoms with Gasteiger partial charge in [0, 0.05) is 16.0 Å². The van der Waals surface area contributed by atoms with Crippen LogP contribution in [0.25, 0.3) is 0 Å². The van der Waals surface area contributed by atoms with Crippen LogP contribution in [-0.2, 0) is 5.41 Å². The van der Waals surface area contributed by atoms with E-state index in [1.807, 2.05) is 11.8 Å². The molecule has 0 aromatic heterocycles. The smallest absolute Gasteiger partial charge is 0.335 e. The lowest BCUT2D eigenvalue weighted by Crippen LogP contribution is -2.22. The third-order valence-electron chi connectivity index (χ3n) is 4.18. The minimum Gasteiger partial charge on any atom is -0.478 e. The maximum Gasteiger partial charge on any atom is 0.335 e. The number of aromatic carboxylic acids is 1. The Morgan fingerprint density at radius 2 is 1.74 bits per heavy atom. The van der Waals surface area contributed by atoms with E-state index in [1.54, 1.807) is 24.3 Å². The minimum atomic E-state index is -0.918. The molecule has 23 heavy (non-hydrogen) atoms. The maximum absolute atomic E-state index is 10.9. The van der Waals surface area contributed by atoms with Crippen LogP contribution in [0.5, 0.6) is 0 Å². The summed E-state index contributed by atoms with van der Waals surface area (Å²) in [7, 11) is 0. The fraction of sp³-hybridized carbons (Fsp3) is 0.250. The van der Waals surface area contributed by atoms with Crippen molar-refractivity contribution in [3.8, 4) is 11.8 Å². The molecule has 0 atom stereocenters. The molecule has 1 N–H and O–H groups in total. The molecule has 1 aliphatic heterocycles. The second-order valence-electron chi connectivity index (χ2n) is 6.33. The first-order valence-corrected chi connectivity index (χ1v) is 8.57. The predicted octanol–water partition coefficient (Wildman–Crippen LogP) is 4.56. The van der Waals surface area contributed by atoms with Gasteiger partial charge < -0.3 is 5.11 Å². The molecule has 0 spiro atoms. The third-order valence-corrected chi connectivity index (χ3v) is 5.25. The van der Waals surface area contributed by atoms with E-state index in [0.29, 0.717) is 0 Å². The number of carboxylic acids is 1. The summed E-state index contributed by atoms with van der Waals surface area (Å²) in [4.78, 5) is 12.2. The molecule has 0 radical (unpaired) electrons. The van der Waals surface area contributed by atoms with E-state index in [0.717, 1.165) is 11.1 Å². The van der Waals surface area contributed by atoms with Gasteiger partial charge in [0.25, 0.3) is 0 Å². The summed E-state index contributed by atoms with van der Waals surface area (Å²) in [5, 5.41) is 8.91. The number of hydrogen-bond acceptors (Lipinski definition) is 2. The van der Waals surface area contributed by atoms with Crippen molar-refractivity contribution in [2.24, 2.45) is 0 Å². The van der Waals surface area contributed by atoms with Crippen molar-refractivity contribution in [2.45, 2.75) is 30.6 Å². The Balaban J connectivity index is 1.88. The number of benzene rings is 2. The molecular formula is C20H18O2S. The van der Waals surface area contributed by atoms with Crippen LogP contribution in [-0.4, -0.2) is 16.8 Å². The van der Waals surface area contributed by atoms with Crippen LogP contribution in [0.1, 0.15) is 47.3 Å². The third kappa shape index (κ3) is 3.43. The molecule has 0 amide bonds. The summed E-state index contributed by atoms with van der Waals surface area (Å²) in [5.74, 6) is 6.55. The fourth-order valence-corrected chi connectivity index (χ4v) is 4.14. The van der Waals surface area contributed by atoms with Crippen LogP contribution in [0.4, 0.5) is 0 Å². The fourth-order valence-electron chi connectivity index (χ4n) is 2.65. The molecule has 1 heterocycles. The van der Waals surface area contributed by atoms with Gasteiger partial charge in [-0.1, -0.05) is 25.7 Å². The highest BCUT2D eigenvalue weighted by Crippen LogP contribution is 2.41. The van der Waals surface area contributed by atoms with E-state index < -0.39 is 5.97 Å². The molecule has 0 bridgehead atoms. The summed E-state index contributed by atoms with van der Waals surface area (Å²) in [6.07, 6.45) is 1.18. The van der Waals surface area contributed by atoms with Crippen LogP contribution in [0, 0.1) is 11.8 Å². The molecule has 0 aliphatic carbocycles. The molecule has 0 saturated carbocycles. The van der Waals surface area contributed by atoms with E-state index in [2.05, 4.69) is 43.9 Å². The van der Waals surface area contributed by atoms with Gasteiger partial charge in [-0.25, -0.2) is 4.79 Å². The zero-order valence-electron chi connectivity index (χ0n) is 13.2. The van der Waals surface area contributed by atoms with E-state index in [4.69, 9.17) is 5.11 Å². The van der Waals surface area contributed by atoms with Gasteiger partial charge in [0.2, 0.25) is 0 Å². The van der Waals surface area contributed by atoms with Crippen molar-refractivity contribution in [3.05, 3.63) is 64.7 Å².